The molecule has 0 N–H and O–H groups in total. The highest BCUT2D eigenvalue weighted by atomic mass is 16.6. The van der Waals surface area contributed by atoms with Crippen LogP contribution in [0.2, 0.25) is 0 Å². The molecule has 2 aliphatic rings. The molecule has 2 rings (SSSR count). The predicted octanol–water partition coefficient (Wildman–Crippen LogP) is 3.08. The van der Waals surface area contributed by atoms with E-state index >= 15 is 0 Å². The van der Waals surface area contributed by atoms with Crippen LogP contribution in [0.3, 0.4) is 0 Å². The summed E-state index contributed by atoms with van der Waals surface area (Å²) in [6.45, 7) is 4.54. The average Bonchev–Trinajstić information content (AvgIpc) is 2.61. The first-order valence-electron chi connectivity index (χ1n) is 5.33. The van der Waals surface area contributed by atoms with Crippen LogP contribution in [0.4, 0.5) is 0 Å². The molecule has 2 unspecified atom stereocenters. The number of allylic oxidation sites excluding steroid dienone is 2. The summed E-state index contributed by atoms with van der Waals surface area (Å²) in [5, 5.41) is 0. The maximum atomic E-state index is 5.75. The molecule has 0 saturated carbocycles. The Balaban J connectivity index is 1.84. The molecular formula is C12H18O. The summed E-state index contributed by atoms with van der Waals surface area (Å²) in [5.74, 6) is 0.701. The fraction of sp³-hybridized carbons (Fsp3) is 0.667. The lowest BCUT2D eigenvalue weighted by atomic mass is 9.93. The van der Waals surface area contributed by atoms with Crippen LogP contribution in [-0.4, -0.2) is 11.7 Å². The fourth-order valence-electron chi connectivity index (χ4n) is 2.16. The van der Waals surface area contributed by atoms with E-state index in [2.05, 4.69) is 38.2 Å². The van der Waals surface area contributed by atoms with Gasteiger partial charge in [-0.15, -0.1) is 0 Å². The zero-order valence-corrected chi connectivity index (χ0v) is 8.49. The smallest absolute Gasteiger partial charge is 0.132 e. The summed E-state index contributed by atoms with van der Waals surface area (Å²) in [4.78, 5) is 0. The van der Waals surface area contributed by atoms with Crippen molar-refractivity contribution >= 4 is 0 Å². The van der Waals surface area contributed by atoms with Gasteiger partial charge >= 0.3 is 0 Å². The van der Waals surface area contributed by atoms with Gasteiger partial charge in [-0.05, 0) is 24.5 Å². The van der Waals surface area contributed by atoms with Gasteiger partial charge in [-0.1, -0.05) is 38.8 Å². The number of ether oxygens (including phenoxy) is 1. The predicted molar refractivity (Wildman–Crippen MR) is 54.6 cm³/mol. The van der Waals surface area contributed by atoms with Crippen molar-refractivity contribution in [1.82, 2.24) is 0 Å². The SMILES string of the molecule is CCCCC(C)C1OC12C=CC=C2. The largest absolute Gasteiger partial charge is 0.357 e. The standard InChI is InChI=1S/C12H18O/c1-3-4-7-10(2)11-12(13-11)8-5-6-9-12/h5-6,8-11H,3-4,7H2,1-2H3. The normalized spacial score (nSPS) is 29.8. The van der Waals surface area contributed by atoms with Crippen LogP contribution in [-0.2, 0) is 4.74 Å². The van der Waals surface area contributed by atoms with Gasteiger partial charge < -0.3 is 4.74 Å². The minimum atomic E-state index is 0.0210. The molecule has 0 aromatic heterocycles. The molecule has 1 nitrogen and oxygen atoms in total. The van der Waals surface area contributed by atoms with Gasteiger partial charge in [-0.25, -0.2) is 0 Å². The topological polar surface area (TPSA) is 12.5 Å². The maximum Gasteiger partial charge on any atom is 0.132 e. The Labute approximate surface area is 80.5 Å². The summed E-state index contributed by atoms with van der Waals surface area (Å²) in [6, 6.07) is 0. The van der Waals surface area contributed by atoms with E-state index in [0.717, 1.165) is 0 Å². The van der Waals surface area contributed by atoms with Gasteiger partial charge in [-0.2, -0.15) is 0 Å². The van der Waals surface area contributed by atoms with Crippen LogP contribution in [0.25, 0.3) is 0 Å². The van der Waals surface area contributed by atoms with E-state index in [0.29, 0.717) is 12.0 Å². The molecule has 0 aromatic rings. The lowest BCUT2D eigenvalue weighted by Crippen LogP contribution is -2.13. The molecule has 1 fully saturated rings. The molecule has 1 spiro atoms. The second-order valence-electron chi connectivity index (χ2n) is 4.23. The van der Waals surface area contributed by atoms with Crippen LogP contribution in [0.5, 0.6) is 0 Å². The van der Waals surface area contributed by atoms with Crippen molar-refractivity contribution in [2.45, 2.75) is 44.8 Å². The van der Waals surface area contributed by atoms with E-state index in [9.17, 15) is 0 Å². The molecular weight excluding hydrogens is 160 g/mol. The Bertz CT molecular complexity index is 228. The zero-order valence-electron chi connectivity index (χ0n) is 8.49. The van der Waals surface area contributed by atoms with E-state index in [-0.39, 0.29) is 5.60 Å². The molecule has 1 aliphatic heterocycles. The monoisotopic (exact) mass is 178 g/mol. The van der Waals surface area contributed by atoms with Crippen molar-refractivity contribution in [2.24, 2.45) is 5.92 Å². The zero-order chi connectivity index (χ0) is 9.31. The van der Waals surface area contributed by atoms with E-state index in [1.807, 2.05) is 0 Å². The third kappa shape index (κ3) is 1.58. The molecule has 1 saturated heterocycles. The van der Waals surface area contributed by atoms with E-state index in [1.165, 1.54) is 19.3 Å². The average molecular weight is 178 g/mol. The van der Waals surface area contributed by atoms with Crippen molar-refractivity contribution in [3.63, 3.8) is 0 Å². The quantitative estimate of drug-likeness (QED) is 0.603. The van der Waals surface area contributed by atoms with Crippen LogP contribution in [0.1, 0.15) is 33.1 Å². The second kappa shape index (κ2) is 3.30. The van der Waals surface area contributed by atoms with Crippen molar-refractivity contribution in [1.29, 1.82) is 0 Å². The van der Waals surface area contributed by atoms with Crippen LogP contribution < -0.4 is 0 Å². The van der Waals surface area contributed by atoms with Gasteiger partial charge in [0.05, 0.1) is 6.10 Å². The van der Waals surface area contributed by atoms with Crippen molar-refractivity contribution in [2.75, 3.05) is 0 Å². The summed E-state index contributed by atoms with van der Waals surface area (Å²) in [6.07, 6.45) is 12.9. The van der Waals surface area contributed by atoms with Crippen molar-refractivity contribution < 1.29 is 4.74 Å². The van der Waals surface area contributed by atoms with Crippen LogP contribution in [0, 0.1) is 5.92 Å². The molecule has 1 aliphatic carbocycles. The lowest BCUT2D eigenvalue weighted by molar-refractivity contribution is 0.309. The highest BCUT2D eigenvalue weighted by Gasteiger charge is 2.55. The minimum absolute atomic E-state index is 0.0210. The molecule has 2 atom stereocenters. The molecule has 0 bridgehead atoms. The maximum absolute atomic E-state index is 5.75. The molecule has 0 aromatic carbocycles. The van der Waals surface area contributed by atoms with E-state index in [4.69, 9.17) is 4.74 Å². The summed E-state index contributed by atoms with van der Waals surface area (Å²) >= 11 is 0. The number of hydrogen-bond donors (Lipinski definition) is 0. The van der Waals surface area contributed by atoms with E-state index in [1.54, 1.807) is 0 Å². The molecule has 13 heavy (non-hydrogen) atoms. The third-order valence-corrected chi connectivity index (χ3v) is 3.07. The third-order valence-electron chi connectivity index (χ3n) is 3.07. The van der Waals surface area contributed by atoms with Gasteiger partial charge in [0.25, 0.3) is 0 Å². The molecule has 72 valence electrons. The lowest BCUT2D eigenvalue weighted by Gasteiger charge is -2.07. The van der Waals surface area contributed by atoms with Gasteiger partial charge in [-0.3, -0.25) is 0 Å². The van der Waals surface area contributed by atoms with Gasteiger partial charge in [0.2, 0.25) is 0 Å². The number of rotatable bonds is 4. The second-order valence-corrected chi connectivity index (χ2v) is 4.23. The Morgan fingerprint density at radius 1 is 1.38 bits per heavy atom. The first-order valence-corrected chi connectivity index (χ1v) is 5.33. The summed E-state index contributed by atoms with van der Waals surface area (Å²) in [5.41, 5.74) is 0.0210. The summed E-state index contributed by atoms with van der Waals surface area (Å²) in [7, 11) is 0. The van der Waals surface area contributed by atoms with Crippen LogP contribution >= 0.6 is 0 Å². The highest BCUT2D eigenvalue weighted by molar-refractivity contribution is 5.36. The fourth-order valence-corrected chi connectivity index (χ4v) is 2.16. The number of epoxide rings is 1. The molecule has 0 amide bonds. The van der Waals surface area contributed by atoms with Crippen molar-refractivity contribution in [3.05, 3.63) is 24.3 Å². The number of unbranched alkanes of at least 4 members (excludes halogenated alkanes) is 1. The number of hydrogen-bond acceptors (Lipinski definition) is 1. The highest BCUT2D eigenvalue weighted by Crippen LogP contribution is 2.47. The van der Waals surface area contributed by atoms with Gasteiger partial charge in [0.15, 0.2) is 0 Å². The molecule has 1 heteroatoms. The Morgan fingerprint density at radius 3 is 2.69 bits per heavy atom. The van der Waals surface area contributed by atoms with Gasteiger partial charge in [0.1, 0.15) is 5.60 Å². The minimum Gasteiger partial charge on any atom is -0.357 e. The first-order chi connectivity index (χ1) is 6.28. The van der Waals surface area contributed by atoms with Crippen LogP contribution in [0.15, 0.2) is 24.3 Å². The molecule has 0 radical (unpaired) electrons. The Hall–Kier alpha value is -0.560. The summed E-state index contributed by atoms with van der Waals surface area (Å²) < 4.78 is 5.75. The Kier molecular flexibility index (Phi) is 2.29. The van der Waals surface area contributed by atoms with Gasteiger partial charge in [0, 0.05) is 0 Å². The first kappa shape index (κ1) is 9.01. The van der Waals surface area contributed by atoms with E-state index < -0.39 is 0 Å². The van der Waals surface area contributed by atoms with Crippen molar-refractivity contribution in [3.8, 4) is 0 Å². The Morgan fingerprint density at radius 2 is 2.08 bits per heavy atom. The molecule has 1 heterocycles.